The second kappa shape index (κ2) is 29.1. The monoisotopic (exact) mass is 1800 g/mol. The molecule has 0 aliphatic rings. The summed E-state index contributed by atoms with van der Waals surface area (Å²) in [6, 6.07) is 0.808. The van der Waals surface area contributed by atoms with Crippen LogP contribution in [0.1, 0.15) is 65.2 Å². The molecule has 0 atom stereocenters. The van der Waals surface area contributed by atoms with E-state index in [2.05, 4.69) is 13.8 Å². The maximum absolute atomic E-state index is 19.3. The quantitative estimate of drug-likeness (QED) is 0.0261. The zero-order chi connectivity index (χ0) is 90.7. The maximum Gasteiger partial charge on any atom is 0.222 e. The fourth-order valence-electron chi connectivity index (χ4n) is 17.9. The van der Waals surface area contributed by atoms with Crippen molar-refractivity contribution in [3.05, 3.63) is 239 Å². The first-order chi connectivity index (χ1) is 58.3. The zero-order valence-electron chi connectivity index (χ0n) is 60.3. The Morgan fingerprint density at radius 1 is 0.161 bits per heavy atom. The molecule has 0 bridgehead atoms. The Morgan fingerprint density at radius 3 is 0.500 bits per heavy atom. The van der Waals surface area contributed by atoms with Crippen LogP contribution in [0.15, 0.2) is 6.07 Å². The van der Waals surface area contributed by atoms with E-state index >= 15 is 158 Å². The average Bonchev–Trinajstić information content (AvgIpc) is 0.645. The van der Waals surface area contributed by atoms with E-state index in [1.165, 1.54) is 0 Å². The SMILES string of the molecule is CCCCCC[NH+](CCCCCC)c1cc(F)c(F)c(F)c1F.Fc1c(F)c2c(F)c(F)c3c(F)c(F)c([B-](c4c(F)c(F)c5c(F)c(F)c6c(F)c(F)c(F)c7c(F)c(F)c4c5c67)(c4c(F)c(F)c5c(F)c(F)c6c(F)c(F)c(F)c7c(F)c(F)c4c5c67)c4c(F)c(F)c5c(F)c(F)c6c(F)c(F)c(F)c7c(F)c(F)c4c5c67)c4c(F)c(F)c(c1F)c2c34. The van der Waals surface area contributed by atoms with Gasteiger partial charge in [0.2, 0.25) is 11.6 Å². The van der Waals surface area contributed by atoms with Crippen molar-refractivity contribution in [1.29, 1.82) is 0 Å². The van der Waals surface area contributed by atoms with Crippen LogP contribution in [-0.2, 0) is 0 Å². The molecule has 17 aromatic carbocycles. The van der Waals surface area contributed by atoms with Crippen molar-refractivity contribution in [2.75, 3.05) is 13.1 Å². The van der Waals surface area contributed by atoms with Crippen LogP contribution in [0.25, 0.3) is 129 Å². The van der Waals surface area contributed by atoms with Gasteiger partial charge in [-0.2, -0.15) is 4.39 Å². The van der Waals surface area contributed by atoms with Crippen molar-refractivity contribution in [1.82, 2.24) is 0 Å². The molecule has 0 saturated carbocycles. The summed E-state index contributed by atoms with van der Waals surface area (Å²) in [4.78, 5) is 0.701. The van der Waals surface area contributed by atoms with Gasteiger partial charge in [0, 0.05) is 49.2 Å². The number of halogens is 40. The molecule has 1 nitrogen and oxygen atoms in total. The number of benzene rings is 17. The second-order valence-corrected chi connectivity index (χ2v) is 28.9. The highest BCUT2D eigenvalue weighted by molar-refractivity contribution is 7.23. The summed E-state index contributed by atoms with van der Waals surface area (Å²) in [6.07, 6.45) is -0.453. The smallest absolute Gasteiger partial charge is 0.222 e. The second-order valence-electron chi connectivity index (χ2n) is 28.9. The van der Waals surface area contributed by atoms with Gasteiger partial charge in [-0.25, -0.2) is 171 Å². The average molecular weight is 1800 g/mol. The lowest BCUT2D eigenvalue weighted by Crippen LogP contribution is -3.07. The Bertz CT molecular complexity index is 6790. The van der Waals surface area contributed by atoms with E-state index in [-0.39, 0.29) is 5.69 Å². The summed E-state index contributed by atoms with van der Waals surface area (Å²) in [5.41, 5.74) is -16.0. The van der Waals surface area contributed by atoms with Gasteiger partial charge in [0.25, 0.3) is 0 Å². The van der Waals surface area contributed by atoms with Gasteiger partial charge in [-0.05, 0) is 47.2 Å². The minimum absolute atomic E-state index is 0.0885. The molecule has 42 heteroatoms. The van der Waals surface area contributed by atoms with Crippen molar-refractivity contribution in [2.24, 2.45) is 0 Å². The molecule has 644 valence electrons. The molecule has 0 heterocycles. The summed E-state index contributed by atoms with van der Waals surface area (Å²) in [5.74, 6) is -135. The summed E-state index contributed by atoms with van der Waals surface area (Å²) < 4.78 is 675. The molecule has 0 saturated heterocycles. The molecule has 124 heavy (non-hydrogen) atoms. The van der Waals surface area contributed by atoms with Gasteiger partial charge in [0.1, 0.15) is 29.4 Å². The van der Waals surface area contributed by atoms with Gasteiger partial charge in [-0.1, -0.05) is 39.5 Å². The Balaban J connectivity index is 0.000000431. The molecule has 17 aromatic rings. The van der Waals surface area contributed by atoms with Crippen molar-refractivity contribution in [2.45, 2.75) is 65.2 Å². The third kappa shape index (κ3) is 10.6. The number of hydrogen-bond donors (Lipinski definition) is 1. The van der Waals surface area contributed by atoms with E-state index in [1.54, 1.807) is 0 Å². The Kier molecular flexibility index (Phi) is 20.1. The highest BCUT2D eigenvalue weighted by Gasteiger charge is 2.53. The van der Waals surface area contributed by atoms with Crippen LogP contribution < -0.4 is 26.8 Å². The van der Waals surface area contributed by atoms with Crippen LogP contribution in [0.4, 0.5) is 181 Å². The van der Waals surface area contributed by atoms with Gasteiger partial charge in [0.15, 0.2) is 203 Å². The largest absolute Gasteiger partial charge is 0.300 e. The van der Waals surface area contributed by atoms with Crippen molar-refractivity contribution >= 4 is 163 Å². The maximum atomic E-state index is 19.3. The minimum atomic E-state index is -8.50. The topological polar surface area (TPSA) is 4.44 Å². The summed E-state index contributed by atoms with van der Waals surface area (Å²) in [5, 5.41) is -71.3. The van der Waals surface area contributed by atoms with Crippen LogP contribution in [0.3, 0.4) is 0 Å². The molecule has 0 amide bonds. The molecule has 0 aliphatic carbocycles. The summed E-state index contributed by atoms with van der Waals surface area (Å²) >= 11 is 0. The molecule has 0 unspecified atom stereocenters. The van der Waals surface area contributed by atoms with E-state index in [4.69, 9.17) is 0 Å². The van der Waals surface area contributed by atoms with E-state index in [1.807, 2.05) is 0 Å². The normalized spacial score (nSPS) is 12.7. The first-order valence-electron chi connectivity index (χ1n) is 35.7. The molecule has 0 fully saturated rings. The molecule has 0 radical (unpaired) electrons. The molecule has 0 spiro atoms. The van der Waals surface area contributed by atoms with Gasteiger partial charge in [-0.3, -0.25) is 4.90 Å². The molecular formula is C82H28BF40N. The third-order valence-electron chi connectivity index (χ3n) is 22.9. The molecule has 1 N–H and O–H groups in total. The fraction of sp³-hybridized carbons (Fsp3) is 0.146. The van der Waals surface area contributed by atoms with Gasteiger partial charge in [-0.15, -0.1) is 21.9 Å². The number of hydrogen-bond acceptors (Lipinski definition) is 0. The van der Waals surface area contributed by atoms with Gasteiger partial charge < -0.3 is 0 Å². The molecular weight excluding hydrogens is 1770 g/mol. The van der Waals surface area contributed by atoms with Gasteiger partial charge >= 0.3 is 0 Å². The van der Waals surface area contributed by atoms with E-state index < -0.39 is 390 Å². The van der Waals surface area contributed by atoms with Crippen molar-refractivity contribution < 1.29 is 181 Å². The van der Waals surface area contributed by atoms with E-state index in [0.29, 0.717) is 18.0 Å². The van der Waals surface area contributed by atoms with Crippen LogP contribution in [-0.4, -0.2) is 19.2 Å². The van der Waals surface area contributed by atoms with Crippen LogP contribution >= 0.6 is 0 Å². The number of unbranched alkanes of at least 4 members (excludes halogenated alkanes) is 6. The lowest BCUT2D eigenvalue weighted by atomic mass is 9.11. The zero-order valence-corrected chi connectivity index (χ0v) is 60.3. The first kappa shape index (κ1) is 85.7. The predicted octanol–water partition coefficient (Wildman–Crippen LogP) is 24.6. The highest BCUT2D eigenvalue weighted by atomic mass is 19.2. The minimum Gasteiger partial charge on any atom is -0.300 e. The number of rotatable bonds is 15. The summed E-state index contributed by atoms with van der Waals surface area (Å²) in [7, 11) is 0. The lowest BCUT2D eigenvalue weighted by Gasteiger charge is -2.48. The van der Waals surface area contributed by atoms with Crippen LogP contribution in [0.2, 0.25) is 0 Å². The molecule has 0 aliphatic heterocycles. The first-order valence-corrected chi connectivity index (χ1v) is 35.7. The van der Waals surface area contributed by atoms with E-state index in [9.17, 15) is 17.6 Å². The lowest BCUT2D eigenvalue weighted by molar-refractivity contribution is -0.834. The van der Waals surface area contributed by atoms with Crippen LogP contribution in [0.5, 0.6) is 0 Å². The Hall–Kier alpha value is -11.9. The number of quaternary nitrogens is 1. The molecule has 0 aromatic heterocycles. The standard InChI is InChI=1S/C64BF36.C18H27F4N/c66-29-9-1-5-17(33(29)70)49(86)61(98)53(90)21(5)41(78)37(74)13(1)45(82)57(94)25(9)65(26-10-2-6-18(34(71)30(10)67)50(87)62(99)54(91)22(6)42(79)38(75)14(2)46(83)58(26)95,27-11-3-7-19(35(72)31(11)68)51(88)63(100)55(92)23(7)43(80)39(76)15(3)47(84)59(27)96)28-12-4-8-20(36(73)32(12)69)52(89)64(101)56(93)24(8)44(81)40(77)16(4)48(85)60(28)97;1-3-5-7-9-11-23(12-10-8-6-4-2)15-13-14(19)16(20)18(22)17(15)21/h;13H,3-12H2,1-2H3/q-1;/p+1. The highest BCUT2D eigenvalue weighted by Crippen LogP contribution is 2.54. The Labute approximate surface area is 658 Å². The Morgan fingerprint density at radius 2 is 0.315 bits per heavy atom. The fourth-order valence-corrected chi connectivity index (χ4v) is 17.9. The predicted molar refractivity (Wildman–Crippen MR) is 368 cm³/mol. The van der Waals surface area contributed by atoms with Crippen molar-refractivity contribution in [3.63, 3.8) is 0 Å². The van der Waals surface area contributed by atoms with Gasteiger partial charge in [0.05, 0.1) is 77.7 Å². The molecule has 17 rings (SSSR count). The van der Waals surface area contributed by atoms with Crippen molar-refractivity contribution in [3.8, 4) is 0 Å². The van der Waals surface area contributed by atoms with Crippen LogP contribution in [0, 0.1) is 233 Å². The number of nitrogens with one attached hydrogen (secondary N) is 1. The summed E-state index contributed by atoms with van der Waals surface area (Å²) in [6.45, 7) is 5.40. The van der Waals surface area contributed by atoms with E-state index in [0.717, 1.165) is 57.4 Å². The third-order valence-corrected chi connectivity index (χ3v) is 22.9.